The average molecular weight is 165 g/mol. The first-order chi connectivity index (χ1) is 5.77. The van der Waals surface area contributed by atoms with E-state index in [-0.39, 0.29) is 0 Å². The summed E-state index contributed by atoms with van der Waals surface area (Å²) >= 11 is 0. The van der Waals surface area contributed by atoms with Gasteiger partial charge in [0.15, 0.2) is 0 Å². The predicted molar refractivity (Wildman–Crippen MR) is 51.5 cm³/mol. The van der Waals surface area contributed by atoms with Crippen molar-refractivity contribution in [1.29, 1.82) is 0 Å². The lowest BCUT2D eigenvalue weighted by Crippen LogP contribution is -2.04. The van der Waals surface area contributed by atoms with E-state index in [0.717, 1.165) is 12.8 Å². The van der Waals surface area contributed by atoms with E-state index in [1.165, 1.54) is 6.08 Å². The molecule has 66 valence electrons. The number of primary amides is 1. The van der Waals surface area contributed by atoms with Gasteiger partial charge in [-0.3, -0.25) is 4.79 Å². The molecular formula is C10H15NO. The van der Waals surface area contributed by atoms with Crippen LogP contribution < -0.4 is 5.73 Å². The average Bonchev–Trinajstić information content (AvgIpc) is 2.02. The number of carbonyl (C=O) groups is 1. The summed E-state index contributed by atoms with van der Waals surface area (Å²) in [5, 5.41) is 0. The highest BCUT2D eigenvalue weighted by molar-refractivity contribution is 5.85. The van der Waals surface area contributed by atoms with Crippen LogP contribution >= 0.6 is 0 Å². The highest BCUT2D eigenvalue weighted by Crippen LogP contribution is 1.88. The van der Waals surface area contributed by atoms with Gasteiger partial charge in [-0.2, -0.15) is 0 Å². The third-order valence-electron chi connectivity index (χ3n) is 1.19. The number of rotatable bonds is 5. The SMILES string of the molecule is CCC/C=C/C=C/C=C/C(N)=O. The normalized spacial score (nSPS) is 12.1. The van der Waals surface area contributed by atoms with Crippen LogP contribution in [-0.4, -0.2) is 5.91 Å². The molecule has 0 saturated carbocycles. The molecule has 0 aromatic rings. The van der Waals surface area contributed by atoms with Crippen LogP contribution in [0.1, 0.15) is 19.8 Å². The second-order valence-corrected chi connectivity index (χ2v) is 2.36. The summed E-state index contributed by atoms with van der Waals surface area (Å²) in [4.78, 5) is 10.2. The van der Waals surface area contributed by atoms with Crippen molar-refractivity contribution in [3.63, 3.8) is 0 Å². The number of hydrogen-bond donors (Lipinski definition) is 1. The van der Waals surface area contributed by atoms with Crippen molar-refractivity contribution in [3.05, 3.63) is 36.5 Å². The Morgan fingerprint density at radius 3 is 2.50 bits per heavy atom. The molecule has 0 unspecified atom stereocenters. The van der Waals surface area contributed by atoms with Gasteiger partial charge in [-0.1, -0.05) is 43.7 Å². The first kappa shape index (κ1) is 10.7. The molecule has 0 aromatic heterocycles. The number of unbranched alkanes of at least 4 members (excludes halogenated alkanes) is 1. The molecule has 0 aromatic carbocycles. The molecular weight excluding hydrogens is 150 g/mol. The van der Waals surface area contributed by atoms with Gasteiger partial charge >= 0.3 is 0 Å². The second kappa shape index (κ2) is 7.79. The number of allylic oxidation sites excluding steroid dienone is 5. The quantitative estimate of drug-likeness (QED) is 0.491. The van der Waals surface area contributed by atoms with E-state index in [1.54, 1.807) is 12.2 Å². The topological polar surface area (TPSA) is 43.1 Å². The molecule has 0 atom stereocenters. The van der Waals surface area contributed by atoms with Crippen LogP contribution in [0.4, 0.5) is 0 Å². The van der Waals surface area contributed by atoms with Gasteiger partial charge in [-0.05, 0) is 6.42 Å². The van der Waals surface area contributed by atoms with Crippen molar-refractivity contribution < 1.29 is 4.79 Å². The molecule has 0 radical (unpaired) electrons. The van der Waals surface area contributed by atoms with Gasteiger partial charge in [0.25, 0.3) is 0 Å². The Labute approximate surface area is 73.5 Å². The molecule has 0 aliphatic rings. The summed E-state index contributed by atoms with van der Waals surface area (Å²) in [5.41, 5.74) is 4.88. The zero-order chi connectivity index (χ0) is 9.23. The fourth-order valence-corrected chi connectivity index (χ4v) is 0.620. The van der Waals surface area contributed by atoms with Crippen molar-refractivity contribution in [2.24, 2.45) is 5.73 Å². The van der Waals surface area contributed by atoms with E-state index < -0.39 is 5.91 Å². The van der Waals surface area contributed by atoms with Gasteiger partial charge < -0.3 is 5.73 Å². The molecule has 0 aliphatic heterocycles. The first-order valence-corrected chi connectivity index (χ1v) is 4.06. The second-order valence-electron chi connectivity index (χ2n) is 2.36. The van der Waals surface area contributed by atoms with Gasteiger partial charge in [-0.25, -0.2) is 0 Å². The van der Waals surface area contributed by atoms with Crippen molar-refractivity contribution >= 4 is 5.91 Å². The molecule has 1 amide bonds. The summed E-state index contributed by atoms with van der Waals surface area (Å²) in [7, 11) is 0. The van der Waals surface area contributed by atoms with E-state index >= 15 is 0 Å². The van der Waals surface area contributed by atoms with Crippen LogP contribution in [0, 0.1) is 0 Å². The highest BCUT2D eigenvalue weighted by atomic mass is 16.1. The molecule has 0 saturated heterocycles. The third kappa shape index (κ3) is 8.69. The maximum Gasteiger partial charge on any atom is 0.241 e. The lowest BCUT2D eigenvalue weighted by atomic mass is 10.3. The van der Waals surface area contributed by atoms with Crippen molar-refractivity contribution in [3.8, 4) is 0 Å². The van der Waals surface area contributed by atoms with E-state index in [4.69, 9.17) is 5.73 Å². The van der Waals surface area contributed by atoms with Crippen LogP contribution in [0.3, 0.4) is 0 Å². The first-order valence-electron chi connectivity index (χ1n) is 4.06. The largest absolute Gasteiger partial charge is 0.366 e. The number of carbonyl (C=O) groups excluding carboxylic acids is 1. The standard InChI is InChI=1S/C10H15NO/c1-2-3-4-5-6-7-8-9-10(11)12/h4-9H,2-3H2,1H3,(H2,11,12)/b5-4+,7-6+,9-8+. The maximum absolute atomic E-state index is 10.2. The molecule has 0 bridgehead atoms. The van der Waals surface area contributed by atoms with Crippen LogP contribution in [0.25, 0.3) is 0 Å². The Morgan fingerprint density at radius 1 is 1.25 bits per heavy atom. The van der Waals surface area contributed by atoms with Crippen LogP contribution in [-0.2, 0) is 4.79 Å². The summed E-state index contributed by atoms with van der Waals surface area (Å²) in [6.07, 6.45) is 12.9. The lowest BCUT2D eigenvalue weighted by molar-refractivity contribution is -0.113. The smallest absolute Gasteiger partial charge is 0.241 e. The van der Waals surface area contributed by atoms with Crippen LogP contribution in [0.2, 0.25) is 0 Å². The summed E-state index contributed by atoms with van der Waals surface area (Å²) in [6.45, 7) is 2.13. The fourth-order valence-electron chi connectivity index (χ4n) is 0.620. The molecule has 2 N–H and O–H groups in total. The Bertz CT molecular complexity index is 202. The molecule has 2 heteroatoms. The van der Waals surface area contributed by atoms with Gasteiger partial charge in [-0.15, -0.1) is 0 Å². The molecule has 0 heterocycles. The maximum atomic E-state index is 10.2. The van der Waals surface area contributed by atoms with Gasteiger partial charge in [0.05, 0.1) is 0 Å². The molecule has 12 heavy (non-hydrogen) atoms. The van der Waals surface area contributed by atoms with E-state index in [0.29, 0.717) is 0 Å². The van der Waals surface area contributed by atoms with Crippen LogP contribution in [0.5, 0.6) is 0 Å². The minimum absolute atomic E-state index is 0.419. The van der Waals surface area contributed by atoms with Crippen molar-refractivity contribution in [1.82, 2.24) is 0 Å². The Balaban J connectivity index is 3.56. The van der Waals surface area contributed by atoms with E-state index in [2.05, 4.69) is 13.0 Å². The highest BCUT2D eigenvalue weighted by Gasteiger charge is 1.76. The Morgan fingerprint density at radius 2 is 1.92 bits per heavy atom. The fraction of sp³-hybridized carbons (Fsp3) is 0.300. The van der Waals surface area contributed by atoms with Gasteiger partial charge in [0.2, 0.25) is 5.91 Å². The van der Waals surface area contributed by atoms with Crippen LogP contribution in [0.15, 0.2) is 36.5 Å². The molecule has 2 nitrogen and oxygen atoms in total. The van der Waals surface area contributed by atoms with E-state index in [9.17, 15) is 4.79 Å². The van der Waals surface area contributed by atoms with Gasteiger partial charge in [0, 0.05) is 6.08 Å². The Kier molecular flexibility index (Phi) is 6.94. The predicted octanol–water partition coefficient (Wildman–Crippen LogP) is 1.94. The number of hydrogen-bond acceptors (Lipinski definition) is 1. The third-order valence-corrected chi connectivity index (χ3v) is 1.19. The minimum Gasteiger partial charge on any atom is -0.366 e. The Hall–Kier alpha value is -1.31. The molecule has 0 spiro atoms. The van der Waals surface area contributed by atoms with E-state index in [1.807, 2.05) is 12.2 Å². The van der Waals surface area contributed by atoms with Gasteiger partial charge in [0.1, 0.15) is 0 Å². The summed E-state index contributed by atoms with van der Waals surface area (Å²) < 4.78 is 0. The summed E-state index contributed by atoms with van der Waals surface area (Å²) in [6, 6.07) is 0. The molecule has 0 rings (SSSR count). The molecule has 0 fully saturated rings. The molecule has 0 aliphatic carbocycles. The van der Waals surface area contributed by atoms with Crippen molar-refractivity contribution in [2.45, 2.75) is 19.8 Å². The number of nitrogens with two attached hydrogens (primary N) is 1. The van der Waals surface area contributed by atoms with Crippen molar-refractivity contribution in [2.75, 3.05) is 0 Å². The number of amides is 1. The summed E-state index contributed by atoms with van der Waals surface area (Å²) in [5.74, 6) is -0.419. The minimum atomic E-state index is -0.419. The zero-order valence-corrected chi connectivity index (χ0v) is 7.36. The zero-order valence-electron chi connectivity index (χ0n) is 7.36. The lowest BCUT2D eigenvalue weighted by Gasteiger charge is -1.79. The monoisotopic (exact) mass is 165 g/mol.